The van der Waals surface area contributed by atoms with Gasteiger partial charge in [-0.2, -0.15) is 0 Å². The van der Waals surface area contributed by atoms with Crippen LogP contribution in [0.1, 0.15) is 71.1 Å². The number of hydrogen-bond donors (Lipinski definition) is 2. The standard InChI is InChI=1S/C17H32N2O/c1-2-13-5-6-14(11-13)16(19-18)15-7-10-20-17(12-15)8-3-4-9-17/h13-16,19H,2-12,18H2,1H3. The molecule has 0 aromatic carbocycles. The molecule has 3 nitrogen and oxygen atoms in total. The molecule has 3 aliphatic rings. The van der Waals surface area contributed by atoms with Crippen LogP contribution in [0.15, 0.2) is 0 Å². The fourth-order valence-electron chi connectivity index (χ4n) is 5.21. The predicted octanol–water partition coefficient (Wildman–Crippen LogP) is 3.38. The van der Waals surface area contributed by atoms with Crippen molar-refractivity contribution in [3.63, 3.8) is 0 Å². The highest BCUT2D eigenvalue weighted by molar-refractivity contribution is 4.96. The molecule has 3 N–H and O–H groups in total. The van der Waals surface area contributed by atoms with E-state index in [9.17, 15) is 0 Å². The Kier molecular flexibility index (Phi) is 4.68. The van der Waals surface area contributed by atoms with Crippen molar-refractivity contribution in [3.05, 3.63) is 0 Å². The zero-order chi connectivity index (χ0) is 14.0. The minimum Gasteiger partial charge on any atom is -0.375 e. The van der Waals surface area contributed by atoms with E-state index in [0.717, 1.165) is 24.4 Å². The summed E-state index contributed by atoms with van der Waals surface area (Å²) in [4.78, 5) is 0. The van der Waals surface area contributed by atoms with Crippen LogP contribution in [0.4, 0.5) is 0 Å². The molecule has 1 aliphatic heterocycles. The molecule has 0 amide bonds. The fraction of sp³-hybridized carbons (Fsp3) is 1.00. The summed E-state index contributed by atoms with van der Waals surface area (Å²) < 4.78 is 6.19. The summed E-state index contributed by atoms with van der Waals surface area (Å²) in [6.07, 6.45) is 13.2. The number of ether oxygens (including phenoxy) is 1. The third-order valence-electron chi connectivity index (χ3n) is 6.41. The Morgan fingerprint density at radius 3 is 2.65 bits per heavy atom. The second-order valence-electron chi connectivity index (χ2n) is 7.53. The Hall–Kier alpha value is -0.120. The molecule has 4 atom stereocenters. The van der Waals surface area contributed by atoms with Gasteiger partial charge in [-0.05, 0) is 56.3 Å². The van der Waals surface area contributed by atoms with Crippen LogP contribution in [0.5, 0.6) is 0 Å². The van der Waals surface area contributed by atoms with Gasteiger partial charge >= 0.3 is 0 Å². The Balaban J connectivity index is 1.63. The third-order valence-corrected chi connectivity index (χ3v) is 6.41. The van der Waals surface area contributed by atoms with Gasteiger partial charge in [-0.3, -0.25) is 11.3 Å². The maximum absolute atomic E-state index is 6.19. The molecular weight excluding hydrogens is 248 g/mol. The van der Waals surface area contributed by atoms with E-state index in [1.165, 1.54) is 64.2 Å². The molecule has 2 saturated carbocycles. The lowest BCUT2D eigenvalue weighted by atomic mass is 9.76. The molecule has 1 spiro atoms. The summed E-state index contributed by atoms with van der Waals surface area (Å²) in [5.41, 5.74) is 3.43. The quantitative estimate of drug-likeness (QED) is 0.613. The lowest BCUT2D eigenvalue weighted by molar-refractivity contribution is -0.101. The van der Waals surface area contributed by atoms with E-state index in [1.54, 1.807) is 0 Å². The van der Waals surface area contributed by atoms with E-state index in [1.807, 2.05) is 0 Å². The summed E-state index contributed by atoms with van der Waals surface area (Å²) in [5, 5.41) is 0. The molecule has 2 aliphatic carbocycles. The van der Waals surface area contributed by atoms with Gasteiger partial charge in [-0.1, -0.05) is 32.6 Å². The number of nitrogens with one attached hydrogen (secondary N) is 1. The van der Waals surface area contributed by atoms with Crippen molar-refractivity contribution in [1.29, 1.82) is 0 Å². The lowest BCUT2D eigenvalue weighted by Gasteiger charge is -2.42. The number of hydrogen-bond acceptors (Lipinski definition) is 3. The molecule has 1 heterocycles. The Labute approximate surface area is 124 Å². The molecule has 20 heavy (non-hydrogen) atoms. The van der Waals surface area contributed by atoms with Gasteiger partial charge in [-0.25, -0.2) is 0 Å². The molecular formula is C17H32N2O. The first-order valence-corrected chi connectivity index (χ1v) is 8.86. The van der Waals surface area contributed by atoms with Gasteiger partial charge in [0.15, 0.2) is 0 Å². The Morgan fingerprint density at radius 2 is 2.00 bits per heavy atom. The first-order chi connectivity index (χ1) is 9.76. The minimum atomic E-state index is 0.223. The van der Waals surface area contributed by atoms with Gasteiger partial charge in [0.1, 0.15) is 0 Å². The predicted molar refractivity (Wildman–Crippen MR) is 82.1 cm³/mol. The van der Waals surface area contributed by atoms with Crippen molar-refractivity contribution in [2.75, 3.05) is 6.61 Å². The molecule has 0 bridgehead atoms. The summed E-state index contributed by atoms with van der Waals surface area (Å²) in [6.45, 7) is 3.28. The van der Waals surface area contributed by atoms with E-state index < -0.39 is 0 Å². The SMILES string of the molecule is CCC1CCC(C(NN)C2CCOC3(CCCC3)C2)C1. The van der Waals surface area contributed by atoms with Crippen molar-refractivity contribution < 1.29 is 4.74 Å². The highest BCUT2D eigenvalue weighted by Crippen LogP contribution is 2.45. The molecule has 1 saturated heterocycles. The molecule has 0 aromatic rings. The van der Waals surface area contributed by atoms with Crippen LogP contribution in [0.2, 0.25) is 0 Å². The van der Waals surface area contributed by atoms with Crippen LogP contribution in [-0.2, 0) is 4.74 Å². The van der Waals surface area contributed by atoms with Gasteiger partial charge in [0.2, 0.25) is 0 Å². The zero-order valence-electron chi connectivity index (χ0n) is 13.1. The van der Waals surface area contributed by atoms with Crippen LogP contribution in [0, 0.1) is 17.8 Å². The molecule has 0 aromatic heterocycles. The molecule has 0 radical (unpaired) electrons. The third kappa shape index (κ3) is 2.90. The summed E-state index contributed by atoms with van der Waals surface area (Å²) in [7, 11) is 0. The number of hydrazine groups is 1. The van der Waals surface area contributed by atoms with Crippen molar-refractivity contribution >= 4 is 0 Å². The summed E-state index contributed by atoms with van der Waals surface area (Å²) in [5.74, 6) is 8.43. The van der Waals surface area contributed by atoms with Crippen LogP contribution in [-0.4, -0.2) is 18.2 Å². The van der Waals surface area contributed by atoms with Crippen LogP contribution >= 0.6 is 0 Å². The highest BCUT2D eigenvalue weighted by Gasteiger charge is 2.44. The fourth-order valence-corrected chi connectivity index (χ4v) is 5.21. The smallest absolute Gasteiger partial charge is 0.0685 e. The molecule has 4 unspecified atom stereocenters. The van der Waals surface area contributed by atoms with E-state index in [-0.39, 0.29) is 5.60 Å². The van der Waals surface area contributed by atoms with Gasteiger partial charge in [0.25, 0.3) is 0 Å². The van der Waals surface area contributed by atoms with Crippen LogP contribution < -0.4 is 11.3 Å². The topological polar surface area (TPSA) is 47.3 Å². The zero-order valence-corrected chi connectivity index (χ0v) is 13.1. The number of rotatable bonds is 4. The maximum Gasteiger partial charge on any atom is 0.0685 e. The van der Waals surface area contributed by atoms with Gasteiger partial charge < -0.3 is 4.74 Å². The number of nitrogens with two attached hydrogens (primary N) is 1. The lowest BCUT2D eigenvalue weighted by Crippen LogP contribution is -2.50. The first-order valence-electron chi connectivity index (χ1n) is 8.86. The van der Waals surface area contributed by atoms with E-state index in [4.69, 9.17) is 10.6 Å². The molecule has 3 heteroatoms. The van der Waals surface area contributed by atoms with E-state index in [2.05, 4.69) is 12.3 Å². The maximum atomic E-state index is 6.19. The van der Waals surface area contributed by atoms with E-state index in [0.29, 0.717) is 6.04 Å². The van der Waals surface area contributed by atoms with Crippen LogP contribution in [0.3, 0.4) is 0 Å². The Morgan fingerprint density at radius 1 is 1.20 bits per heavy atom. The largest absolute Gasteiger partial charge is 0.375 e. The van der Waals surface area contributed by atoms with Gasteiger partial charge in [0.05, 0.1) is 5.60 Å². The summed E-state index contributed by atoms with van der Waals surface area (Å²) >= 11 is 0. The van der Waals surface area contributed by atoms with Crippen molar-refractivity contribution in [2.45, 2.75) is 82.8 Å². The normalized spacial score (nSPS) is 38.4. The van der Waals surface area contributed by atoms with Crippen LogP contribution in [0.25, 0.3) is 0 Å². The first kappa shape index (κ1) is 14.8. The minimum absolute atomic E-state index is 0.223. The van der Waals surface area contributed by atoms with Gasteiger partial charge in [-0.15, -0.1) is 0 Å². The average molecular weight is 280 g/mol. The second-order valence-corrected chi connectivity index (χ2v) is 7.53. The second kappa shape index (κ2) is 6.33. The summed E-state index contributed by atoms with van der Waals surface area (Å²) in [6, 6.07) is 0.521. The Bertz CT molecular complexity index is 314. The molecule has 3 fully saturated rings. The monoisotopic (exact) mass is 280 g/mol. The molecule has 116 valence electrons. The molecule has 3 rings (SSSR count). The van der Waals surface area contributed by atoms with Crippen molar-refractivity contribution in [2.24, 2.45) is 23.6 Å². The van der Waals surface area contributed by atoms with Crippen molar-refractivity contribution in [3.8, 4) is 0 Å². The highest BCUT2D eigenvalue weighted by atomic mass is 16.5. The van der Waals surface area contributed by atoms with Crippen molar-refractivity contribution in [1.82, 2.24) is 5.43 Å². The van der Waals surface area contributed by atoms with E-state index >= 15 is 0 Å². The average Bonchev–Trinajstić information content (AvgIpc) is 3.10. The van der Waals surface area contributed by atoms with Gasteiger partial charge in [0, 0.05) is 12.6 Å².